The summed E-state index contributed by atoms with van der Waals surface area (Å²) in [5, 5.41) is 1.80. The van der Waals surface area contributed by atoms with Gasteiger partial charge in [0.2, 0.25) is 0 Å². The van der Waals surface area contributed by atoms with Gasteiger partial charge in [-0.3, -0.25) is 4.99 Å². The van der Waals surface area contributed by atoms with Crippen LogP contribution in [0.2, 0.25) is 0 Å². The standard InChI is InChI=1S/C19H23F9N2/c1-14(2,3)11-7-9-12(10-8-11)29-13(30-15(4,5)6)16(20,21)17(22,23)18(24,25)19(26,27)28/h7-10H,1-6H3,(H,29,30). The fraction of sp³-hybridized carbons (Fsp3) is 0.632. The van der Waals surface area contributed by atoms with E-state index in [4.69, 9.17) is 0 Å². The Bertz CT molecular complexity index is 765. The third kappa shape index (κ3) is 5.21. The molecule has 0 atom stereocenters. The monoisotopic (exact) mass is 450 g/mol. The van der Waals surface area contributed by atoms with E-state index >= 15 is 0 Å². The average Bonchev–Trinajstić information content (AvgIpc) is 2.51. The molecule has 0 heterocycles. The van der Waals surface area contributed by atoms with Crippen molar-refractivity contribution < 1.29 is 39.5 Å². The third-order valence-corrected chi connectivity index (χ3v) is 3.90. The number of benzene rings is 1. The SMILES string of the molecule is CC(C)(C)N=C(Nc1ccc(C(C)(C)C)cc1)C(F)(F)C(F)(F)C(F)(F)C(F)(F)F. The number of hydrogen-bond acceptors (Lipinski definition) is 1. The minimum atomic E-state index is -7.00. The molecule has 0 saturated heterocycles. The lowest BCUT2D eigenvalue weighted by Gasteiger charge is -2.35. The molecule has 1 rings (SSSR count). The van der Waals surface area contributed by atoms with Crippen molar-refractivity contribution in [3.8, 4) is 0 Å². The summed E-state index contributed by atoms with van der Waals surface area (Å²) in [5.41, 5.74) is -1.34. The fourth-order valence-electron chi connectivity index (χ4n) is 2.23. The van der Waals surface area contributed by atoms with E-state index in [1.165, 1.54) is 45.0 Å². The van der Waals surface area contributed by atoms with Crippen LogP contribution in [-0.2, 0) is 5.41 Å². The van der Waals surface area contributed by atoms with Crippen LogP contribution in [0.15, 0.2) is 29.3 Å². The molecule has 0 bridgehead atoms. The van der Waals surface area contributed by atoms with Gasteiger partial charge in [0.05, 0.1) is 5.54 Å². The molecule has 1 aromatic carbocycles. The Kier molecular flexibility index (Phi) is 6.64. The Morgan fingerprint density at radius 2 is 1.13 bits per heavy atom. The molecule has 0 aliphatic heterocycles. The van der Waals surface area contributed by atoms with Crippen LogP contribution >= 0.6 is 0 Å². The molecule has 0 amide bonds. The van der Waals surface area contributed by atoms with Crippen LogP contribution in [0.5, 0.6) is 0 Å². The molecule has 11 heteroatoms. The average molecular weight is 450 g/mol. The van der Waals surface area contributed by atoms with Crippen LogP contribution in [0.25, 0.3) is 0 Å². The quantitative estimate of drug-likeness (QED) is 0.296. The summed E-state index contributed by atoms with van der Waals surface area (Å²) in [7, 11) is 0. The normalized spacial score (nSPS) is 15.4. The summed E-state index contributed by atoms with van der Waals surface area (Å²) < 4.78 is 120. The van der Waals surface area contributed by atoms with Crippen molar-refractivity contribution in [2.75, 3.05) is 5.32 Å². The number of anilines is 1. The third-order valence-electron chi connectivity index (χ3n) is 3.90. The molecule has 172 valence electrons. The van der Waals surface area contributed by atoms with Crippen LogP contribution in [0.4, 0.5) is 45.2 Å². The van der Waals surface area contributed by atoms with Crippen LogP contribution in [-0.4, -0.2) is 35.3 Å². The fourth-order valence-corrected chi connectivity index (χ4v) is 2.23. The molecule has 0 fully saturated rings. The highest BCUT2D eigenvalue weighted by Crippen LogP contribution is 2.53. The first-order valence-corrected chi connectivity index (χ1v) is 8.72. The first-order chi connectivity index (χ1) is 13.0. The summed E-state index contributed by atoms with van der Waals surface area (Å²) >= 11 is 0. The van der Waals surface area contributed by atoms with Crippen molar-refractivity contribution in [2.45, 2.75) is 76.4 Å². The molecule has 0 saturated carbocycles. The first-order valence-electron chi connectivity index (χ1n) is 8.72. The summed E-state index contributed by atoms with van der Waals surface area (Å²) in [5.74, 6) is -21.8. The predicted octanol–water partition coefficient (Wildman–Crippen LogP) is 7.06. The maximum absolute atomic E-state index is 14.5. The molecule has 30 heavy (non-hydrogen) atoms. The summed E-state index contributed by atoms with van der Waals surface area (Å²) in [6, 6.07) is 5.35. The number of rotatable bonds is 4. The number of nitrogens with one attached hydrogen (secondary N) is 1. The van der Waals surface area contributed by atoms with Crippen molar-refractivity contribution in [1.29, 1.82) is 0 Å². The lowest BCUT2D eigenvalue weighted by atomic mass is 9.87. The van der Waals surface area contributed by atoms with Crippen molar-refractivity contribution in [3.63, 3.8) is 0 Å². The van der Waals surface area contributed by atoms with E-state index in [9.17, 15) is 39.5 Å². The topological polar surface area (TPSA) is 24.4 Å². The Hall–Kier alpha value is -1.94. The van der Waals surface area contributed by atoms with E-state index in [-0.39, 0.29) is 11.1 Å². The largest absolute Gasteiger partial charge is 0.460 e. The van der Waals surface area contributed by atoms with Crippen LogP contribution < -0.4 is 5.32 Å². The Labute approximate surface area is 168 Å². The van der Waals surface area contributed by atoms with E-state index in [2.05, 4.69) is 4.99 Å². The van der Waals surface area contributed by atoms with Gasteiger partial charge in [0.15, 0.2) is 5.84 Å². The Morgan fingerprint density at radius 3 is 1.47 bits per heavy atom. The zero-order chi connectivity index (χ0) is 24.0. The molecule has 0 spiro atoms. The van der Waals surface area contributed by atoms with E-state index in [0.717, 1.165) is 5.56 Å². The van der Waals surface area contributed by atoms with Crippen molar-refractivity contribution in [2.24, 2.45) is 4.99 Å². The van der Waals surface area contributed by atoms with Crippen molar-refractivity contribution in [1.82, 2.24) is 0 Å². The number of alkyl halides is 9. The van der Waals surface area contributed by atoms with Gasteiger partial charge in [-0.25, -0.2) is 0 Å². The highest BCUT2D eigenvalue weighted by atomic mass is 19.4. The molecule has 0 radical (unpaired) electrons. The van der Waals surface area contributed by atoms with Gasteiger partial charge >= 0.3 is 23.9 Å². The summed E-state index contributed by atoms with van der Waals surface area (Å²) in [4.78, 5) is 3.28. The minimum absolute atomic E-state index is 0.239. The van der Waals surface area contributed by atoms with Gasteiger partial charge < -0.3 is 5.32 Å². The van der Waals surface area contributed by atoms with Crippen molar-refractivity contribution >= 4 is 11.5 Å². The Balaban J connectivity index is 3.50. The maximum atomic E-state index is 14.5. The van der Waals surface area contributed by atoms with Gasteiger partial charge in [-0.15, -0.1) is 0 Å². The molecule has 0 aromatic heterocycles. The van der Waals surface area contributed by atoms with Crippen LogP contribution in [0.3, 0.4) is 0 Å². The highest BCUT2D eigenvalue weighted by Gasteiger charge is 2.83. The minimum Gasteiger partial charge on any atom is -0.339 e. The van der Waals surface area contributed by atoms with E-state index in [1.54, 1.807) is 5.32 Å². The molecule has 2 nitrogen and oxygen atoms in total. The molecule has 0 aliphatic carbocycles. The Morgan fingerprint density at radius 1 is 0.700 bits per heavy atom. The first kappa shape index (κ1) is 26.1. The number of halogens is 9. The van der Waals surface area contributed by atoms with Gasteiger partial charge in [-0.05, 0) is 43.9 Å². The second kappa shape index (κ2) is 7.64. The molecular weight excluding hydrogens is 427 g/mol. The van der Waals surface area contributed by atoms with Crippen LogP contribution in [0.1, 0.15) is 47.1 Å². The van der Waals surface area contributed by atoms with E-state index in [1.807, 2.05) is 20.8 Å². The molecular formula is C19H23F9N2. The van der Waals surface area contributed by atoms with E-state index < -0.39 is 35.3 Å². The number of aliphatic imine (C=N–C) groups is 1. The highest BCUT2D eigenvalue weighted by molar-refractivity contribution is 6.01. The maximum Gasteiger partial charge on any atom is 0.460 e. The second-order valence-corrected chi connectivity index (χ2v) is 8.80. The predicted molar refractivity (Wildman–Crippen MR) is 96.8 cm³/mol. The number of nitrogens with zero attached hydrogens (tertiary/aromatic N) is 1. The van der Waals surface area contributed by atoms with Crippen molar-refractivity contribution in [3.05, 3.63) is 29.8 Å². The smallest absolute Gasteiger partial charge is 0.339 e. The summed E-state index contributed by atoms with van der Waals surface area (Å²) in [6.07, 6.45) is -6.90. The molecule has 0 unspecified atom stereocenters. The van der Waals surface area contributed by atoms with Gasteiger partial charge in [0, 0.05) is 5.69 Å². The van der Waals surface area contributed by atoms with Gasteiger partial charge in [0.1, 0.15) is 0 Å². The zero-order valence-electron chi connectivity index (χ0n) is 17.2. The number of hydrogen-bond donors (Lipinski definition) is 1. The molecule has 1 N–H and O–H groups in total. The van der Waals surface area contributed by atoms with Crippen LogP contribution in [0, 0.1) is 0 Å². The molecule has 1 aromatic rings. The lowest BCUT2D eigenvalue weighted by Crippen LogP contribution is -2.64. The second-order valence-electron chi connectivity index (χ2n) is 8.80. The van der Waals surface area contributed by atoms with Gasteiger partial charge in [-0.1, -0.05) is 32.9 Å². The van der Waals surface area contributed by atoms with E-state index in [0.29, 0.717) is 0 Å². The number of amidine groups is 1. The van der Waals surface area contributed by atoms with Gasteiger partial charge in [0.25, 0.3) is 0 Å². The lowest BCUT2D eigenvalue weighted by molar-refractivity contribution is -0.384. The molecule has 0 aliphatic rings. The van der Waals surface area contributed by atoms with Gasteiger partial charge in [-0.2, -0.15) is 39.5 Å². The zero-order valence-corrected chi connectivity index (χ0v) is 17.2. The summed E-state index contributed by atoms with van der Waals surface area (Å²) in [6.45, 7) is 9.09.